The monoisotopic (exact) mass is 498 g/mol. The van der Waals surface area contributed by atoms with Crippen LogP contribution >= 0.6 is 24.0 Å². The largest absolute Gasteiger partial charge is 0.378 e. The van der Waals surface area contributed by atoms with Crippen LogP contribution in [0.2, 0.25) is 0 Å². The quantitative estimate of drug-likeness (QED) is 0.462. The first-order valence-corrected chi connectivity index (χ1v) is 12.1. The number of anilines is 1. The van der Waals surface area contributed by atoms with E-state index in [0.29, 0.717) is 59.0 Å². The van der Waals surface area contributed by atoms with E-state index in [0.717, 1.165) is 5.56 Å². The Morgan fingerprint density at radius 2 is 1.91 bits per heavy atom. The summed E-state index contributed by atoms with van der Waals surface area (Å²) in [4.78, 5) is 30.3. The Labute approximate surface area is 206 Å². The highest BCUT2D eigenvalue weighted by molar-refractivity contribution is 8.26. The van der Waals surface area contributed by atoms with E-state index in [9.17, 15) is 19.2 Å². The van der Waals surface area contributed by atoms with Gasteiger partial charge in [-0.05, 0) is 43.2 Å². The Balaban J connectivity index is 1.79. The molecule has 0 atom stereocenters. The number of ether oxygens (including phenoxy) is 1. The molecule has 0 aliphatic carbocycles. The zero-order valence-corrected chi connectivity index (χ0v) is 20.5. The molecule has 2 saturated heterocycles. The zero-order chi connectivity index (χ0) is 24.4. The van der Waals surface area contributed by atoms with Gasteiger partial charge in [0.15, 0.2) is 0 Å². The van der Waals surface area contributed by atoms with E-state index in [2.05, 4.69) is 4.90 Å². The second-order valence-corrected chi connectivity index (χ2v) is 9.57. The predicted molar refractivity (Wildman–Crippen MR) is 134 cm³/mol. The molecule has 176 valence electrons. The first-order chi connectivity index (χ1) is 16.3. The molecule has 2 fully saturated rings. The van der Waals surface area contributed by atoms with Crippen molar-refractivity contribution in [2.24, 2.45) is 0 Å². The number of rotatable bonds is 5. The number of amides is 1. The van der Waals surface area contributed by atoms with Gasteiger partial charge in [-0.25, -0.2) is 4.39 Å². The van der Waals surface area contributed by atoms with Crippen LogP contribution in [0.1, 0.15) is 29.2 Å². The van der Waals surface area contributed by atoms with Crippen molar-refractivity contribution in [2.75, 3.05) is 31.2 Å². The lowest BCUT2D eigenvalue weighted by molar-refractivity contribution is -0.122. The van der Waals surface area contributed by atoms with Crippen LogP contribution in [-0.4, -0.2) is 46.0 Å². The molecule has 4 rings (SSSR count). The number of benzene rings is 1. The second kappa shape index (κ2) is 10.1. The first kappa shape index (κ1) is 24.1. The molecule has 2 aliphatic rings. The first-order valence-electron chi connectivity index (χ1n) is 10.9. The van der Waals surface area contributed by atoms with Gasteiger partial charge >= 0.3 is 0 Å². The third-order valence-electron chi connectivity index (χ3n) is 5.88. The van der Waals surface area contributed by atoms with Gasteiger partial charge in [-0.15, -0.1) is 0 Å². The molecule has 2 aliphatic heterocycles. The molecule has 3 heterocycles. The van der Waals surface area contributed by atoms with Crippen LogP contribution in [0.25, 0.3) is 6.08 Å². The van der Waals surface area contributed by atoms with Gasteiger partial charge < -0.3 is 9.64 Å². The number of pyridine rings is 1. The lowest BCUT2D eigenvalue weighted by atomic mass is 10.0. The number of hydrogen-bond donors (Lipinski definition) is 0. The summed E-state index contributed by atoms with van der Waals surface area (Å²) in [7, 11) is 0. The molecular weight excluding hydrogens is 475 g/mol. The molecule has 1 amide bonds. The molecule has 1 aromatic carbocycles. The molecule has 34 heavy (non-hydrogen) atoms. The van der Waals surface area contributed by atoms with Crippen molar-refractivity contribution < 1.29 is 13.9 Å². The van der Waals surface area contributed by atoms with Gasteiger partial charge in [-0.1, -0.05) is 36.1 Å². The number of carbonyl (C=O) groups is 1. The van der Waals surface area contributed by atoms with Gasteiger partial charge in [0.2, 0.25) is 0 Å². The maximum Gasteiger partial charge on any atom is 0.270 e. The van der Waals surface area contributed by atoms with Crippen LogP contribution in [0.15, 0.2) is 34.0 Å². The van der Waals surface area contributed by atoms with Crippen LogP contribution < -0.4 is 10.5 Å². The van der Waals surface area contributed by atoms with Crippen molar-refractivity contribution in [2.45, 2.75) is 26.9 Å². The van der Waals surface area contributed by atoms with Crippen molar-refractivity contribution >= 4 is 46.1 Å². The minimum atomic E-state index is -0.348. The van der Waals surface area contributed by atoms with Gasteiger partial charge in [0.1, 0.15) is 27.6 Å². The third-order valence-corrected chi connectivity index (χ3v) is 7.25. The molecule has 1 aromatic heterocycles. The molecular formula is C24H23FN4O3S2. The summed E-state index contributed by atoms with van der Waals surface area (Å²) in [5.74, 6) is 0.0648. The average molecular weight is 499 g/mol. The number of carbonyl (C=O) groups excluding carboxylic acids is 1. The minimum absolute atomic E-state index is 0.0619. The van der Waals surface area contributed by atoms with Gasteiger partial charge in [0.25, 0.3) is 11.5 Å². The zero-order valence-electron chi connectivity index (χ0n) is 18.8. The predicted octanol–water partition coefficient (Wildman–Crippen LogP) is 3.43. The van der Waals surface area contributed by atoms with E-state index in [1.165, 1.54) is 28.8 Å². The fourth-order valence-electron chi connectivity index (χ4n) is 4.09. The molecule has 0 unspecified atom stereocenters. The molecule has 0 bridgehead atoms. The molecule has 0 radical (unpaired) electrons. The summed E-state index contributed by atoms with van der Waals surface area (Å²) in [6, 6.07) is 7.97. The van der Waals surface area contributed by atoms with Crippen molar-refractivity contribution in [3.8, 4) is 6.07 Å². The normalized spacial score (nSPS) is 17.5. The Bertz CT molecular complexity index is 1280. The van der Waals surface area contributed by atoms with Crippen molar-refractivity contribution in [3.63, 3.8) is 0 Å². The highest BCUT2D eigenvalue weighted by Gasteiger charge is 2.33. The average Bonchev–Trinajstić information content (AvgIpc) is 3.10. The van der Waals surface area contributed by atoms with E-state index in [-0.39, 0.29) is 29.4 Å². The Morgan fingerprint density at radius 3 is 2.53 bits per heavy atom. The highest BCUT2D eigenvalue weighted by Crippen LogP contribution is 2.36. The Morgan fingerprint density at radius 1 is 1.24 bits per heavy atom. The fourth-order valence-corrected chi connectivity index (χ4v) is 5.33. The number of thioether (sulfide) groups is 1. The number of thiocarbonyl (C=S) groups is 1. The van der Waals surface area contributed by atoms with E-state index in [1.54, 1.807) is 29.7 Å². The summed E-state index contributed by atoms with van der Waals surface area (Å²) in [6.07, 6.45) is 1.73. The van der Waals surface area contributed by atoms with Gasteiger partial charge in [-0.2, -0.15) is 5.26 Å². The molecule has 2 aromatic rings. The Hall–Kier alpha value is -3.00. The Kier molecular flexibility index (Phi) is 7.16. The summed E-state index contributed by atoms with van der Waals surface area (Å²) in [5, 5.41) is 9.68. The molecule has 0 spiro atoms. The highest BCUT2D eigenvalue weighted by atomic mass is 32.2. The summed E-state index contributed by atoms with van der Waals surface area (Å²) in [6.45, 7) is 6.44. The number of nitrogens with zero attached hydrogens (tertiary/aromatic N) is 4. The van der Waals surface area contributed by atoms with Crippen molar-refractivity contribution in [1.29, 1.82) is 5.26 Å². The van der Waals surface area contributed by atoms with E-state index >= 15 is 0 Å². The van der Waals surface area contributed by atoms with E-state index < -0.39 is 0 Å². The lowest BCUT2D eigenvalue weighted by Gasteiger charge is -2.33. The van der Waals surface area contributed by atoms with Crippen LogP contribution in [0, 0.1) is 24.1 Å². The SMILES string of the molecule is CCn1c(N2CCOCC2)c(/C=C2\SC(=S)N(Cc3ccc(F)cc3)C2=O)c(C)c(C#N)c1=O. The lowest BCUT2D eigenvalue weighted by Crippen LogP contribution is -2.41. The number of aromatic nitrogens is 1. The van der Waals surface area contributed by atoms with E-state index in [1.807, 2.05) is 13.0 Å². The van der Waals surface area contributed by atoms with E-state index in [4.69, 9.17) is 17.0 Å². The molecule has 10 heteroatoms. The van der Waals surface area contributed by atoms with Crippen LogP contribution in [0.4, 0.5) is 10.2 Å². The fraction of sp³-hybridized carbons (Fsp3) is 0.333. The second-order valence-electron chi connectivity index (χ2n) is 7.89. The number of morpholine rings is 1. The van der Waals surface area contributed by atoms with Crippen molar-refractivity contribution in [3.05, 3.63) is 67.6 Å². The standard InChI is InChI=1S/C24H23FN4O3S2/c1-3-28-21(27-8-10-32-11-9-27)18(15(2)19(13-26)22(28)30)12-20-23(31)29(24(33)34-20)14-16-4-6-17(25)7-5-16/h4-7,12H,3,8-11,14H2,1-2H3/b20-12-. The molecule has 7 nitrogen and oxygen atoms in total. The van der Waals surface area contributed by atoms with Crippen molar-refractivity contribution in [1.82, 2.24) is 9.47 Å². The third kappa shape index (κ3) is 4.51. The maximum atomic E-state index is 13.3. The number of hydrogen-bond acceptors (Lipinski definition) is 7. The summed E-state index contributed by atoms with van der Waals surface area (Å²) in [5.41, 5.74) is 1.66. The topological polar surface area (TPSA) is 78.6 Å². The van der Waals surface area contributed by atoms with Gasteiger partial charge in [0.05, 0.1) is 24.7 Å². The smallest absolute Gasteiger partial charge is 0.270 e. The van der Waals surface area contributed by atoms with Gasteiger partial charge in [-0.3, -0.25) is 19.1 Å². The molecule has 0 N–H and O–H groups in total. The summed E-state index contributed by atoms with van der Waals surface area (Å²) >= 11 is 6.64. The van der Waals surface area contributed by atoms with Gasteiger partial charge in [0, 0.05) is 25.2 Å². The summed E-state index contributed by atoms with van der Waals surface area (Å²) < 4.78 is 20.7. The molecule has 0 saturated carbocycles. The number of nitriles is 1. The van der Waals surface area contributed by atoms with Crippen LogP contribution in [-0.2, 0) is 22.6 Å². The number of halogens is 1. The van der Waals surface area contributed by atoms with Crippen LogP contribution in [0.3, 0.4) is 0 Å². The minimum Gasteiger partial charge on any atom is -0.378 e. The van der Waals surface area contributed by atoms with Crippen LogP contribution in [0.5, 0.6) is 0 Å². The maximum absolute atomic E-state index is 13.3.